The van der Waals surface area contributed by atoms with Gasteiger partial charge in [-0.2, -0.15) is 0 Å². The van der Waals surface area contributed by atoms with Gasteiger partial charge in [0.25, 0.3) is 5.91 Å². The summed E-state index contributed by atoms with van der Waals surface area (Å²) in [5.74, 6) is 0.350. The van der Waals surface area contributed by atoms with Gasteiger partial charge in [0.1, 0.15) is 5.75 Å². The zero-order valence-corrected chi connectivity index (χ0v) is 19.2. The zero-order valence-electron chi connectivity index (χ0n) is 19.2. The minimum atomic E-state index is -0.659. The Morgan fingerprint density at radius 3 is 2.47 bits per heavy atom. The number of carbonyl (C=O) groups excluding carboxylic acids is 3. The average Bonchev–Trinajstić information content (AvgIpc) is 3.39. The third-order valence-corrected chi connectivity index (χ3v) is 5.86. The van der Waals surface area contributed by atoms with Crippen molar-refractivity contribution in [1.82, 2.24) is 20.4 Å². The Hall–Kier alpha value is -3.79. The number of rotatable bonds is 7. The standard InChI is InChI=1S/C24H28N4O6/c1-3-33-17-8-6-16(7-9-17)21-20(23(30)32-2)18(25-24(31)26-21)15-27-10-12-28(13-11-27)22(29)19-5-4-14-34-19/h4-9,14,21H,3,10-13,15H2,1-2H3,(H2,25,26,31)/t21-/m1/s1. The highest BCUT2D eigenvalue weighted by Crippen LogP contribution is 2.29. The molecule has 4 rings (SSSR count). The number of methoxy groups -OCH3 is 1. The Morgan fingerprint density at radius 1 is 1.12 bits per heavy atom. The maximum atomic E-state index is 12.8. The average molecular weight is 469 g/mol. The number of hydrogen-bond acceptors (Lipinski definition) is 7. The van der Waals surface area contributed by atoms with Gasteiger partial charge in [0.05, 0.1) is 31.6 Å². The molecule has 180 valence electrons. The lowest BCUT2D eigenvalue weighted by Crippen LogP contribution is -2.52. The lowest BCUT2D eigenvalue weighted by Gasteiger charge is -2.36. The molecule has 2 aromatic rings. The highest BCUT2D eigenvalue weighted by molar-refractivity contribution is 5.95. The first-order valence-corrected chi connectivity index (χ1v) is 11.2. The van der Waals surface area contributed by atoms with Gasteiger partial charge in [-0.3, -0.25) is 9.69 Å². The fraction of sp³-hybridized carbons (Fsp3) is 0.375. The smallest absolute Gasteiger partial charge is 0.338 e. The van der Waals surface area contributed by atoms with Gasteiger partial charge < -0.3 is 29.4 Å². The van der Waals surface area contributed by atoms with Gasteiger partial charge in [0.2, 0.25) is 0 Å². The van der Waals surface area contributed by atoms with Crippen molar-refractivity contribution >= 4 is 17.9 Å². The topological polar surface area (TPSA) is 113 Å². The maximum Gasteiger partial charge on any atom is 0.338 e. The largest absolute Gasteiger partial charge is 0.494 e. The van der Waals surface area contributed by atoms with Crippen molar-refractivity contribution in [2.45, 2.75) is 13.0 Å². The van der Waals surface area contributed by atoms with Gasteiger partial charge in [-0.1, -0.05) is 12.1 Å². The molecular weight excluding hydrogens is 440 g/mol. The van der Waals surface area contributed by atoms with Crippen LogP contribution in [0.1, 0.15) is 29.1 Å². The summed E-state index contributed by atoms with van der Waals surface area (Å²) in [6.07, 6.45) is 1.48. The number of nitrogens with one attached hydrogen (secondary N) is 2. The van der Waals surface area contributed by atoms with Gasteiger partial charge in [-0.15, -0.1) is 0 Å². The minimum absolute atomic E-state index is 0.148. The molecule has 1 saturated heterocycles. The van der Waals surface area contributed by atoms with E-state index in [1.807, 2.05) is 19.1 Å². The Morgan fingerprint density at radius 2 is 1.85 bits per heavy atom. The monoisotopic (exact) mass is 468 g/mol. The van der Waals surface area contributed by atoms with Crippen molar-refractivity contribution in [3.63, 3.8) is 0 Å². The van der Waals surface area contributed by atoms with Crippen LogP contribution in [0.5, 0.6) is 5.75 Å². The Balaban J connectivity index is 1.51. The predicted octanol–water partition coefficient (Wildman–Crippen LogP) is 1.92. The van der Waals surface area contributed by atoms with Crippen LogP contribution < -0.4 is 15.4 Å². The van der Waals surface area contributed by atoms with Crippen LogP contribution in [0.15, 0.2) is 58.3 Å². The molecule has 0 radical (unpaired) electrons. The number of nitrogens with zero attached hydrogens (tertiary/aromatic N) is 2. The van der Waals surface area contributed by atoms with E-state index in [1.54, 1.807) is 29.2 Å². The molecule has 10 nitrogen and oxygen atoms in total. The molecule has 0 unspecified atom stereocenters. The van der Waals surface area contributed by atoms with E-state index in [-0.39, 0.29) is 5.91 Å². The summed E-state index contributed by atoms with van der Waals surface area (Å²) in [5, 5.41) is 5.61. The first-order chi connectivity index (χ1) is 16.5. The molecule has 2 aliphatic rings. The van der Waals surface area contributed by atoms with E-state index in [4.69, 9.17) is 13.9 Å². The number of furan rings is 1. The summed E-state index contributed by atoms with van der Waals surface area (Å²) in [6.45, 7) is 4.97. The van der Waals surface area contributed by atoms with E-state index in [0.717, 1.165) is 5.56 Å². The molecule has 0 spiro atoms. The van der Waals surface area contributed by atoms with E-state index in [1.165, 1.54) is 13.4 Å². The number of esters is 1. The van der Waals surface area contributed by atoms with Crippen molar-refractivity contribution in [3.8, 4) is 5.75 Å². The molecule has 3 amide bonds. The first-order valence-electron chi connectivity index (χ1n) is 11.2. The normalized spacial score (nSPS) is 18.8. The molecule has 1 aromatic heterocycles. The van der Waals surface area contributed by atoms with Crippen LogP contribution in [0.3, 0.4) is 0 Å². The quantitative estimate of drug-likeness (QED) is 0.597. The number of piperazine rings is 1. The van der Waals surface area contributed by atoms with Crippen LogP contribution in [0.2, 0.25) is 0 Å². The van der Waals surface area contributed by atoms with Crippen LogP contribution in [-0.4, -0.2) is 74.1 Å². The van der Waals surface area contributed by atoms with Crippen LogP contribution in [-0.2, 0) is 9.53 Å². The Bertz CT molecular complexity index is 1060. The number of benzene rings is 1. The molecule has 1 fully saturated rings. The van der Waals surface area contributed by atoms with Crippen LogP contribution in [0, 0.1) is 0 Å². The minimum Gasteiger partial charge on any atom is -0.494 e. The maximum absolute atomic E-state index is 12.8. The molecule has 10 heteroatoms. The van der Waals surface area contributed by atoms with Crippen molar-refractivity contribution in [1.29, 1.82) is 0 Å². The highest BCUT2D eigenvalue weighted by atomic mass is 16.5. The Kier molecular flexibility index (Phi) is 7.17. The molecular formula is C24H28N4O6. The van der Waals surface area contributed by atoms with Crippen molar-refractivity contribution in [2.75, 3.05) is 46.4 Å². The SMILES string of the molecule is CCOc1ccc([C@H]2NC(=O)NC(CN3CCN(C(=O)c4ccco4)CC3)=C2C(=O)OC)cc1. The second-order valence-corrected chi connectivity index (χ2v) is 7.96. The Labute approximate surface area is 197 Å². The second-order valence-electron chi connectivity index (χ2n) is 7.96. The summed E-state index contributed by atoms with van der Waals surface area (Å²) in [7, 11) is 1.32. The molecule has 0 aliphatic carbocycles. The van der Waals surface area contributed by atoms with E-state index < -0.39 is 18.0 Å². The summed E-state index contributed by atoms with van der Waals surface area (Å²) >= 11 is 0. The molecule has 0 bridgehead atoms. The number of ether oxygens (including phenoxy) is 2. The van der Waals surface area contributed by atoms with Crippen LogP contribution in [0.4, 0.5) is 4.79 Å². The summed E-state index contributed by atoms with van der Waals surface area (Å²) < 4.78 is 15.8. The third kappa shape index (κ3) is 5.07. The first kappa shape index (κ1) is 23.4. The fourth-order valence-electron chi connectivity index (χ4n) is 4.16. The van der Waals surface area contributed by atoms with E-state index in [9.17, 15) is 14.4 Å². The number of urea groups is 1. The van der Waals surface area contributed by atoms with Gasteiger partial charge >= 0.3 is 12.0 Å². The molecule has 34 heavy (non-hydrogen) atoms. The van der Waals surface area contributed by atoms with Gasteiger partial charge in [0.15, 0.2) is 5.76 Å². The number of hydrogen-bond donors (Lipinski definition) is 2. The van der Waals surface area contributed by atoms with E-state index in [2.05, 4.69) is 15.5 Å². The van der Waals surface area contributed by atoms with Gasteiger partial charge in [0, 0.05) is 38.4 Å². The number of amides is 3. The molecule has 1 atom stereocenters. The van der Waals surface area contributed by atoms with Crippen LogP contribution in [0.25, 0.3) is 0 Å². The molecule has 1 aromatic carbocycles. The molecule has 0 saturated carbocycles. The third-order valence-electron chi connectivity index (χ3n) is 5.86. The molecule has 2 N–H and O–H groups in total. The molecule has 2 aliphatic heterocycles. The van der Waals surface area contributed by atoms with Gasteiger partial charge in [-0.25, -0.2) is 9.59 Å². The predicted molar refractivity (Wildman–Crippen MR) is 122 cm³/mol. The van der Waals surface area contributed by atoms with Crippen LogP contribution >= 0.6 is 0 Å². The lowest BCUT2D eigenvalue weighted by atomic mass is 9.95. The van der Waals surface area contributed by atoms with E-state index in [0.29, 0.717) is 62.1 Å². The van der Waals surface area contributed by atoms with Crippen molar-refractivity contribution < 1.29 is 28.3 Å². The highest BCUT2D eigenvalue weighted by Gasteiger charge is 2.35. The van der Waals surface area contributed by atoms with E-state index >= 15 is 0 Å². The van der Waals surface area contributed by atoms with Crippen molar-refractivity contribution in [2.24, 2.45) is 0 Å². The van der Waals surface area contributed by atoms with Crippen molar-refractivity contribution in [3.05, 3.63) is 65.3 Å². The summed E-state index contributed by atoms with van der Waals surface area (Å²) in [5.41, 5.74) is 1.57. The summed E-state index contributed by atoms with van der Waals surface area (Å²) in [6, 6.07) is 9.52. The second kappa shape index (κ2) is 10.4. The van der Waals surface area contributed by atoms with Gasteiger partial charge in [-0.05, 0) is 36.8 Å². The number of carbonyl (C=O) groups is 3. The fourth-order valence-corrected chi connectivity index (χ4v) is 4.16. The zero-order chi connectivity index (χ0) is 24.1. The summed E-state index contributed by atoms with van der Waals surface area (Å²) in [4.78, 5) is 41.6. The molecule has 3 heterocycles. The lowest BCUT2D eigenvalue weighted by molar-refractivity contribution is -0.136.